The third kappa shape index (κ3) is 5.39. The molecule has 2 nitrogen and oxygen atoms in total. The number of nitrogens with one attached hydrogen (secondary N) is 1. The zero-order valence-corrected chi connectivity index (χ0v) is 12.2. The average molecular weight is 240 g/mol. The van der Waals surface area contributed by atoms with Crippen molar-refractivity contribution >= 4 is 0 Å². The van der Waals surface area contributed by atoms with Gasteiger partial charge in [0.1, 0.15) is 0 Å². The van der Waals surface area contributed by atoms with E-state index in [1.807, 2.05) is 0 Å². The van der Waals surface area contributed by atoms with E-state index < -0.39 is 0 Å². The molecule has 2 unspecified atom stereocenters. The SMILES string of the molecule is CCCC1CCCN(C(CCC)CNC)CC1. The van der Waals surface area contributed by atoms with Crippen LogP contribution in [0.1, 0.15) is 58.8 Å². The van der Waals surface area contributed by atoms with Crippen LogP contribution in [0.25, 0.3) is 0 Å². The highest BCUT2D eigenvalue weighted by molar-refractivity contribution is 4.77. The normalized spacial score (nSPS) is 24.5. The second-order valence-corrected chi connectivity index (χ2v) is 5.62. The van der Waals surface area contributed by atoms with Gasteiger partial charge in [-0.05, 0) is 51.7 Å². The second kappa shape index (κ2) is 8.93. The van der Waals surface area contributed by atoms with E-state index in [4.69, 9.17) is 0 Å². The maximum absolute atomic E-state index is 3.37. The summed E-state index contributed by atoms with van der Waals surface area (Å²) in [4.78, 5) is 2.75. The Morgan fingerprint density at radius 1 is 1.18 bits per heavy atom. The van der Waals surface area contributed by atoms with Crippen molar-refractivity contribution in [3.05, 3.63) is 0 Å². The van der Waals surface area contributed by atoms with Gasteiger partial charge in [0.15, 0.2) is 0 Å². The summed E-state index contributed by atoms with van der Waals surface area (Å²) in [6, 6.07) is 0.769. The van der Waals surface area contributed by atoms with Gasteiger partial charge in [0.05, 0.1) is 0 Å². The molecule has 102 valence electrons. The fourth-order valence-corrected chi connectivity index (χ4v) is 3.23. The smallest absolute Gasteiger partial charge is 0.0220 e. The highest BCUT2D eigenvalue weighted by Crippen LogP contribution is 2.23. The molecule has 1 rings (SSSR count). The van der Waals surface area contributed by atoms with Crippen LogP contribution in [0.15, 0.2) is 0 Å². The molecular formula is C15H32N2. The quantitative estimate of drug-likeness (QED) is 0.735. The molecule has 0 aromatic rings. The van der Waals surface area contributed by atoms with Gasteiger partial charge >= 0.3 is 0 Å². The molecular weight excluding hydrogens is 208 g/mol. The number of hydrogen-bond donors (Lipinski definition) is 1. The maximum Gasteiger partial charge on any atom is 0.0220 e. The Hall–Kier alpha value is -0.0800. The van der Waals surface area contributed by atoms with Gasteiger partial charge in [0, 0.05) is 12.6 Å². The fraction of sp³-hybridized carbons (Fsp3) is 1.00. The molecule has 2 heteroatoms. The van der Waals surface area contributed by atoms with Crippen LogP contribution in [-0.2, 0) is 0 Å². The molecule has 1 fully saturated rings. The number of likely N-dealkylation sites (tertiary alicyclic amines) is 1. The number of hydrogen-bond acceptors (Lipinski definition) is 2. The van der Waals surface area contributed by atoms with Crippen molar-refractivity contribution in [3.63, 3.8) is 0 Å². The lowest BCUT2D eigenvalue weighted by Crippen LogP contribution is -2.42. The van der Waals surface area contributed by atoms with Crippen LogP contribution in [0.2, 0.25) is 0 Å². The molecule has 1 N–H and O–H groups in total. The zero-order valence-electron chi connectivity index (χ0n) is 12.2. The summed E-state index contributed by atoms with van der Waals surface area (Å²) in [5.41, 5.74) is 0. The minimum absolute atomic E-state index is 0.769. The van der Waals surface area contributed by atoms with Crippen LogP contribution in [0.5, 0.6) is 0 Å². The molecule has 0 aromatic carbocycles. The fourth-order valence-electron chi connectivity index (χ4n) is 3.23. The van der Waals surface area contributed by atoms with Crippen LogP contribution in [0, 0.1) is 5.92 Å². The van der Waals surface area contributed by atoms with Crippen molar-refractivity contribution in [2.24, 2.45) is 5.92 Å². The summed E-state index contributed by atoms with van der Waals surface area (Å²) < 4.78 is 0. The van der Waals surface area contributed by atoms with Gasteiger partial charge < -0.3 is 5.32 Å². The van der Waals surface area contributed by atoms with Crippen molar-refractivity contribution < 1.29 is 0 Å². The van der Waals surface area contributed by atoms with Crippen molar-refractivity contribution in [2.75, 3.05) is 26.7 Å². The van der Waals surface area contributed by atoms with Gasteiger partial charge in [-0.3, -0.25) is 4.90 Å². The Morgan fingerprint density at radius 2 is 2.00 bits per heavy atom. The molecule has 0 radical (unpaired) electrons. The van der Waals surface area contributed by atoms with E-state index in [1.54, 1.807) is 0 Å². The summed E-state index contributed by atoms with van der Waals surface area (Å²) in [5.74, 6) is 1.00. The Balaban J connectivity index is 2.41. The topological polar surface area (TPSA) is 15.3 Å². The zero-order chi connectivity index (χ0) is 12.5. The second-order valence-electron chi connectivity index (χ2n) is 5.62. The van der Waals surface area contributed by atoms with Gasteiger partial charge in [-0.15, -0.1) is 0 Å². The molecule has 0 aliphatic carbocycles. The average Bonchev–Trinajstić information content (AvgIpc) is 2.55. The van der Waals surface area contributed by atoms with Crippen LogP contribution in [0.4, 0.5) is 0 Å². The predicted octanol–water partition coefficient (Wildman–Crippen LogP) is 3.28. The van der Waals surface area contributed by atoms with Gasteiger partial charge in [0.2, 0.25) is 0 Å². The van der Waals surface area contributed by atoms with Crippen molar-refractivity contribution in [2.45, 2.75) is 64.8 Å². The van der Waals surface area contributed by atoms with Gasteiger partial charge in [-0.25, -0.2) is 0 Å². The Bertz CT molecular complexity index is 176. The minimum Gasteiger partial charge on any atom is -0.318 e. The van der Waals surface area contributed by atoms with E-state index in [1.165, 1.54) is 58.0 Å². The Morgan fingerprint density at radius 3 is 2.65 bits per heavy atom. The van der Waals surface area contributed by atoms with Crippen LogP contribution in [-0.4, -0.2) is 37.6 Å². The van der Waals surface area contributed by atoms with E-state index in [9.17, 15) is 0 Å². The molecule has 0 amide bonds. The van der Waals surface area contributed by atoms with E-state index in [0.29, 0.717) is 0 Å². The first-order valence-corrected chi connectivity index (χ1v) is 7.70. The van der Waals surface area contributed by atoms with E-state index >= 15 is 0 Å². The monoisotopic (exact) mass is 240 g/mol. The van der Waals surface area contributed by atoms with Crippen molar-refractivity contribution in [1.82, 2.24) is 10.2 Å². The predicted molar refractivity (Wildman–Crippen MR) is 76.4 cm³/mol. The molecule has 17 heavy (non-hydrogen) atoms. The first-order chi connectivity index (χ1) is 8.31. The van der Waals surface area contributed by atoms with E-state index in [-0.39, 0.29) is 0 Å². The molecule has 1 heterocycles. The molecule has 1 saturated heterocycles. The molecule has 0 bridgehead atoms. The number of likely N-dealkylation sites (N-methyl/N-ethyl adjacent to an activating group) is 1. The highest BCUT2D eigenvalue weighted by atomic mass is 15.2. The first kappa shape index (κ1) is 15.0. The third-order valence-electron chi connectivity index (χ3n) is 4.16. The molecule has 2 atom stereocenters. The van der Waals surface area contributed by atoms with Gasteiger partial charge in [-0.1, -0.05) is 33.1 Å². The first-order valence-electron chi connectivity index (χ1n) is 7.70. The van der Waals surface area contributed by atoms with Crippen LogP contribution < -0.4 is 5.32 Å². The number of rotatable bonds is 7. The van der Waals surface area contributed by atoms with E-state index in [0.717, 1.165) is 18.5 Å². The minimum atomic E-state index is 0.769. The summed E-state index contributed by atoms with van der Waals surface area (Å²) in [5, 5.41) is 3.37. The highest BCUT2D eigenvalue weighted by Gasteiger charge is 2.21. The largest absolute Gasteiger partial charge is 0.318 e. The van der Waals surface area contributed by atoms with E-state index in [2.05, 4.69) is 31.1 Å². The third-order valence-corrected chi connectivity index (χ3v) is 4.16. The molecule has 0 saturated carbocycles. The van der Waals surface area contributed by atoms with Gasteiger partial charge in [-0.2, -0.15) is 0 Å². The number of nitrogens with zero attached hydrogens (tertiary/aromatic N) is 1. The summed E-state index contributed by atoms with van der Waals surface area (Å²) in [6.45, 7) is 8.44. The lowest BCUT2D eigenvalue weighted by molar-refractivity contribution is 0.187. The van der Waals surface area contributed by atoms with Crippen molar-refractivity contribution in [1.29, 1.82) is 0 Å². The summed E-state index contributed by atoms with van der Waals surface area (Å²) in [7, 11) is 2.08. The van der Waals surface area contributed by atoms with Crippen molar-refractivity contribution in [3.8, 4) is 0 Å². The molecule has 1 aliphatic heterocycles. The standard InChI is InChI=1S/C15H32N2/c1-4-7-14-9-6-11-17(12-10-14)15(8-5-2)13-16-3/h14-16H,4-13H2,1-3H3. The summed E-state index contributed by atoms with van der Waals surface area (Å²) >= 11 is 0. The van der Waals surface area contributed by atoms with Crippen LogP contribution in [0.3, 0.4) is 0 Å². The molecule has 1 aliphatic rings. The Kier molecular flexibility index (Phi) is 7.87. The lowest BCUT2D eigenvalue weighted by Gasteiger charge is -2.30. The lowest BCUT2D eigenvalue weighted by atomic mass is 9.96. The molecule has 0 spiro atoms. The van der Waals surface area contributed by atoms with Crippen LogP contribution >= 0.6 is 0 Å². The summed E-state index contributed by atoms with van der Waals surface area (Å²) in [6.07, 6.45) is 9.76. The molecule has 0 aromatic heterocycles. The Labute approximate surface area is 108 Å². The maximum atomic E-state index is 3.37. The van der Waals surface area contributed by atoms with Gasteiger partial charge in [0.25, 0.3) is 0 Å².